The Balaban J connectivity index is 4.60. The monoisotopic (exact) mass is 181 g/mol. The lowest BCUT2D eigenvalue weighted by Crippen LogP contribution is -2.44. The largest absolute Gasteiger partial charge is 0.480 e. The summed E-state index contributed by atoms with van der Waals surface area (Å²) in [6.45, 7) is 0. The fourth-order valence-corrected chi connectivity index (χ4v) is 0.544. The standard InChI is InChI=1S/C6H6F3NO2/c1-2-3(6(7,8)9)4(10)5(11)12/h1,3-4H,10H2,(H,11,12)/t3-,4+/m1/s1. The maximum Gasteiger partial charge on any atom is 0.404 e. The highest BCUT2D eigenvalue weighted by Gasteiger charge is 2.45. The van der Waals surface area contributed by atoms with Gasteiger partial charge in [0.1, 0.15) is 12.0 Å². The van der Waals surface area contributed by atoms with Crippen molar-refractivity contribution < 1.29 is 23.1 Å². The lowest BCUT2D eigenvalue weighted by molar-refractivity contribution is -0.173. The van der Waals surface area contributed by atoms with Gasteiger partial charge in [0.2, 0.25) is 0 Å². The number of carboxylic acid groups (broad SMARTS) is 1. The molecule has 0 rings (SSSR count). The first-order chi connectivity index (χ1) is 5.30. The Morgan fingerprint density at radius 3 is 2.08 bits per heavy atom. The van der Waals surface area contributed by atoms with Crippen LogP contribution < -0.4 is 5.73 Å². The van der Waals surface area contributed by atoms with E-state index in [0.717, 1.165) is 0 Å². The predicted molar refractivity (Wildman–Crippen MR) is 34.0 cm³/mol. The summed E-state index contributed by atoms with van der Waals surface area (Å²) < 4.78 is 35.5. The minimum atomic E-state index is -4.77. The third kappa shape index (κ3) is 2.43. The van der Waals surface area contributed by atoms with Crippen LogP contribution in [0.25, 0.3) is 0 Å². The van der Waals surface area contributed by atoms with E-state index in [2.05, 4.69) is 6.42 Å². The van der Waals surface area contributed by atoms with E-state index in [1.165, 1.54) is 5.92 Å². The molecule has 6 heteroatoms. The number of carbonyl (C=O) groups is 1. The second-order valence-corrected chi connectivity index (χ2v) is 2.05. The zero-order valence-corrected chi connectivity index (χ0v) is 5.80. The number of rotatable bonds is 2. The van der Waals surface area contributed by atoms with Gasteiger partial charge >= 0.3 is 12.1 Å². The molecule has 0 aliphatic rings. The fourth-order valence-electron chi connectivity index (χ4n) is 0.544. The minimum Gasteiger partial charge on any atom is -0.480 e. The van der Waals surface area contributed by atoms with Gasteiger partial charge in [-0.15, -0.1) is 6.42 Å². The summed E-state index contributed by atoms with van der Waals surface area (Å²) in [5.41, 5.74) is 4.70. The van der Waals surface area contributed by atoms with Crippen molar-refractivity contribution in [2.24, 2.45) is 11.7 Å². The van der Waals surface area contributed by atoms with Crippen LogP contribution in [0.4, 0.5) is 13.2 Å². The van der Waals surface area contributed by atoms with Gasteiger partial charge in [-0.3, -0.25) is 4.79 Å². The first-order valence-corrected chi connectivity index (χ1v) is 2.82. The molecule has 0 spiro atoms. The van der Waals surface area contributed by atoms with E-state index in [0.29, 0.717) is 0 Å². The number of alkyl halides is 3. The van der Waals surface area contributed by atoms with Gasteiger partial charge < -0.3 is 10.8 Å². The van der Waals surface area contributed by atoms with Crippen LogP contribution >= 0.6 is 0 Å². The molecule has 2 atom stereocenters. The number of halogens is 3. The quantitative estimate of drug-likeness (QED) is 0.598. The van der Waals surface area contributed by atoms with Crippen LogP contribution in [0.1, 0.15) is 0 Å². The molecule has 0 saturated heterocycles. The molecule has 68 valence electrons. The smallest absolute Gasteiger partial charge is 0.404 e. The molecule has 3 nitrogen and oxygen atoms in total. The summed E-state index contributed by atoms with van der Waals surface area (Å²) in [7, 11) is 0. The molecule has 0 aromatic rings. The molecule has 0 unspecified atom stereocenters. The molecular formula is C6H6F3NO2. The topological polar surface area (TPSA) is 63.3 Å². The Labute approximate surface area is 66.4 Å². The summed E-state index contributed by atoms with van der Waals surface area (Å²) in [4.78, 5) is 10.0. The minimum absolute atomic E-state index is 1.29. The van der Waals surface area contributed by atoms with Crippen molar-refractivity contribution in [1.29, 1.82) is 0 Å². The van der Waals surface area contributed by atoms with Gasteiger partial charge in [0, 0.05) is 0 Å². The van der Waals surface area contributed by atoms with E-state index in [1.807, 2.05) is 0 Å². The maximum absolute atomic E-state index is 11.8. The van der Waals surface area contributed by atoms with Gasteiger partial charge in [0.25, 0.3) is 0 Å². The SMILES string of the molecule is C#C[C@H]([C@H](N)C(=O)O)C(F)(F)F. The van der Waals surface area contributed by atoms with Gasteiger partial charge in [-0.2, -0.15) is 13.2 Å². The van der Waals surface area contributed by atoms with E-state index in [1.54, 1.807) is 0 Å². The van der Waals surface area contributed by atoms with Crippen molar-refractivity contribution in [2.75, 3.05) is 0 Å². The molecule has 0 radical (unpaired) electrons. The van der Waals surface area contributed by atoms with Gasteiger partial charge in [-0.05, 0) is 0 Å². The number of hydrogen-bond acceptors (Lipinski definition) is 2. The highest BCUT2D eigenvalue weighted by Crippen LogP contribution is 2.27. The third-order valence-corrected chi connectivity index (χ3v) is 1.18. The zero-order chi connectivity index (χ0) is 9.94. The number of carboxylic acids is 1. The average Bonchev–Trinajstić information content (AvgIpc) is 1.85. The highest BCUT2D eigenvalue weighted by molar-refractivity contribution is 5.74. The summed E-state index contributed by atoms with van der Waals surface area (Å²) in [6, 6.07) is -2.10. The molecule has 0 fully saturated rings. The Bertz CT molecular complexity index is 218. The summed E-state index contributed by atoms with van der Waals surface area (Å²) in [5, 5.41) is 8.13. The van der Waals surface area contributed by atoms with Crippen molar-refractivity contribution in [2.45, 2.75) is 12.2 Å². The molecule has 0 aliphatic heterocycles. The number of aliphatic carboxylic acids is 1. The molecule has 3 N–H and O–H groups in total. The van der Waals surface area contributed by atoms with Crippen molar-refractivity contribution in [3.63, 3.8) is 0 Å². The predicted octanol–water partition coefficient (Wildman–Crippen LogP) is 0.210. The van der Waals surface area contributed by atoms with Crippen LogP contribution in [0, 0.1) is 18.3 Å². The number of nitrogens with two attached hydrogens (primary N) is 1. The van der Waals surface area contributed by atoms with Crippen molar-refractivity contribution in [3.05, 3.63) is 0 Å². The maximum atomic E-state index is 11.8. The second-order valence-electron chi connectivity index (χ2n) is 2.05. The Morgan fingerprint density at radius 2 is 2.00 bits per heavy atom. The van der Waals surface area contributed by atoms with Crippen LogP contribution in [0.2, 0.25) is 0 Å². The Hall–Kier alpha value is -1.22. The molecule has 0 aromatic heterocycles. The molecule has 0 bridgehead atoms. The lowest BCUT2D eigenvalue weighted by atomic mass is 10.0. The van der Waals surface area contributed by atoms with Gasteiger partial charge in [-0.1, -0.05) is 5.92 Å². The number of terminal acetylenes is 1. The molecule has 0 aromatic carbocycles. The molecule has 0 amide bonds. The summed E-state index contributed by atoms with van der Waals surface area (Å²) in [6.07, 6.45) is -0.287. The average molecular weight is 181 g/mol. The first-order valence-electron chi connectivity index (χ1n) is 2.82. The fraction of sp³-hybridized carbons (Fsp3) is 0.500. The molecular weight excluding hydrogens is 175 g/mol. The van der Waals surface area contributed by atoms with Crippen LogP contribution in [0.15, 0.2) is 0 Å². The lowest BCUT2D eigenvalue weighted by Gasteiger charge is -2.17. The van der Waals surface area contributed by atoms with Crippen molar-refractivity contribution in [3.8, 4) is 12.3 Å². The third-order valence-electron chi connectivity index (χ3n) is 1.18. The highest BCUT2D eigenvalue weighted by atomic mass is 19.4. The second kappa shape index (κ2) is 3.45. The normalized spacial score (nSPS) is 16.2. The molecule has 12 heavy (non-hydrogen) atoms. The van der Waals surface area contributed by atoms with Gasteiger partial charge in [0.05, 0.1) is 0 Å². The van der Waals surface area contributed by atoms with Gasteiger partial charge in [-0.25, -0.2) is 0 Å². The van der Waals surface area contributed by atoms with E-state index >= 15 is 0 Å². The van der Waals surface area contributed by atoms with E-state index in [4.69, 9.17) is 10.8 Å². The molecule has 0 heterocycles. The molecule has 0 saturated carbocycles. The molecule has 0 aliphatic carbocycles. The van der Waals surface area contributed by atoms with E-state index < -0.39 is 24.1 Å². The van der Waals surface area contributed by atoms with Crippen molar-refractivity contribution in [1.82, 2.24) is 0 Å². The summed E-state index contributed by atoms with van der Waals surface area (Å²) in [5.74, 6) is -2.91. The Kier molecular flexibility index (Phi) is 3.10. The zero-order valence-electron chi connectivity index (χ0n) is 5.80. The van der Waals surface area contributed by atoms with E-state index in [9.17, 15) is 18.0 Å². The summed E-state index contributed by atoms with van der Waals surface area (Å²) >= 11 is 0. The van der Waals surface area contributed by atoms with Crippen molar-refractivity contribution >= 4 is 5.97 Å². The van der Waals surface area contributed by atoms with E-state index in [-0.39, 0.29) is 0 Å². The van der Waals surface area contributed by atoms with Gasteiger partial charge in [0.15, 0.2) is 0 Å². The first kappa shape index (κ1) is 10.8. The van der Waals surface area contributed by atoms with Crippen LogP contribution in [0.3, 0.4) is 0 Å². The number of hydrogen-bond donors (Lipinski definition) is 2. The van der Waals surface area contributed by atoms with Crippen LogP contribution in [-0.4, -0.2) is 23.3 Å². The van der Waals surface area contributed by atoms with Crippen LogP contribution in [-0.2, 0) is 4.79 Å². The van der Waals surface area contributed by atoms with Crippen LogP contribution in [0.5, 0.6) is 0 Å². The Morgan fingerprint density at radius 1 is 1.58 bits per heavy atom.